The zero-order valence-electron chi connectivity index (χ0n) is 17.7. The maximum atomic E-state index is 12.7. The number of benzene rings is 2. The first-order valence-electron chi connectivity index (χ1n) is 10.2. The second-order valence-electron chi connectivity index (χ2n) is 7.97. The molecule has 0 aromatic heterocycles. The molecule has 5 nitrogen and oxygen atoms in total. The minimum Gasteiger partial charge on any atom is -0.497 e. The summed E-state index contributed by atoms with van der Waals surface area (Å²) in [6.07, 6.45) is 0.986. The third-order valence-electron chi connectivity index (χ3n) is 5.50. The molecule has 0 aliphatic carbocycles. The van der Waals surface area contributed by atoms with Crippen LogP contribution >= 0.6 is 0 Å². The molecule has 2 aromatic rings. The quantitative estimate of drug-likeness (QED) is 0.776. The summed E-state index contributed by atoms with van der Waals surface area (Å²) in [5.74, 6) is 0.781. The first kappa shape index (κ1) is 20.9. The van der Waals surface area contributed by atoms with Gasteiger partial charge in [-0.05, 0) is 48.1 Å². The smallest absolute Gasteiger partial charge is 0.227 e. The van der Waals surface area contributed by atoms with E-state index in [0.29, 0.717) is 19.0 Å². The third-order valence-corrected chi connectivity index (χ3v) is 5.50. The van der Waals surface area contributed by atoms with Crippen LogP contribution in [0.15, 0.2) is 42.5 Å². The third kappa shape index (κ3) is 4.78. The Balaban J connectivity index is 1.62. The van der Waals surface area contributed by atoms with Crippen molar-refractivity contribution in [2.45, 2.75) is 39.5 Å². The molecule has 154 valence electrons. The Bertz CT molecular complexity index is 891. The normalized spacial score (nSPS) is 16.4. The number of carbonyl (C=O) groups excluding carboxylic acids is 2. The van der Waals surface area contributed by atoms with E-state index in [4.69, 9.17) is 4.74 Å². The number of rotatable bonds is 7. The van der Waals surface area contributed by atoms with Gasteiger partial charge in [-0.25, -0.2) is 0 Å². The molecule has 1 aliphatic rings. The van der Waals surface area contributed by atoms with Gasteiger partial charge in [0.05, 0.1) is 13.0 Å². The lowest BCUT2D eigenvalue weighted by atomic mass is 9.97. The highest BCUT2D eigenvalue weighted by atomic mass is 16.5. The van der Waals surface area contributed by atoms with Crippen LogP contribution in [-0.4, -0.2) is 32.0 Å². The van der Waals surface area contributed by atoms with Crippen molar-refractivity contribution < 1.29 is 14.3 Å². The molecule has 0 radical (unpaired) electrons. The van der Waals surface area contributed by atoms with E-state index < -0.39 is 0 Å². The Hall–Kier alpha value is -2.82. The van der Waals surface area contributed by atoms with Crippen molar-refractivity contribution in [1.29, 1.82) is 0 Å². The van der Waals surface area contributed by atoms with Gasteiger partial charge in [0.1, 0.15) is 5.75 Å². The maximum absolute atomic E-state index is 12.7. The highest BCUT2D eigenvalue weighted by Gasteiger charge is 2.36. The van der Waals surface area contributed by atoms with Crippen molar-refractivity contribution in [2.75, 3.05) is 25.1 Å². The van der Waals surface area contributed by atoms with E-state index in [2.05, 4.69) is 25.2 Å². The number of nitrogens with one attached hydrogen (secondary N) is 1. The van der Waals surface area contributed by atoms with Crippen molar-refractivity contribution in [2.24, 2.45) is 5.92 Å². The lowest BCUT2D eigenvalue weighted by Gasteiger charge is -2.24. The van der Waals surface area contributed by atoms with E-state index >= 15 is 0 Å². The molecule has 2 amide bonds. The van der Waals surface area contributed by atoms with Gasteiger partial charge in [0.15, 0.2) is 0 Å². The molecule has 1 aliphatic heterocycles. The molecule has 5 heteroatoms. The minimum atomic E-state index is -0.313. The number of amides is 2. The summed E-state index contributed by atoms with van der Waals surface area (Å²) >= 11 is 0. The summed E-state index contributed by atoms with van der Waals surface area (Å²) in [4.78, 5) is 27.2. The molecule has 1 saturated heterocycles. The van der Waals surface area contributed by atoms with Crippen LogP contribution < -0.4 is 15.0 Å². The highest BCUT2D eigenvalue weighted by molar-refractivity contribution is 6.01. The van der Waals surface area contributed by atoms with Crippen LogP contribution in [0, 0.1) is 12.8 Å². The standard InChI is InChI=1S/C24H30N2O3/c1-16(2)21-10-5-7-17(3)23(21)26-15-19(14-22(26)27)24(28)25-12-11-18-8-6-9-20(13-18)29-4/h5-10,13,16,19H,11-12,14-15H2,1-4H3,(H,25,28). The molecule has 2 aromatic carbocycles. The van der Waals surface area contributed by atoms with Crippen LogP contribution in [0.25, 0.3) is 0 Å². The van der Waals surface area contributed by atoms with Crippen LogP contribution in [0.4, 0.5) is 5.69 Å². The largest absolute Gasteiger partial charge is 0.497 e. The number of carbonyl (C=O) groups is 2. The Kier molecular flexibility index (Phi) is 6.57. The SMILES string of the molecule is COc1cccc(CCNC(=O)C2CC(=O)N(c3c(C)cccc3C(C)C)C2)c1. The zero-order chi connectivity index (χ0) is 21.0. The number of para-hydroxylation sites is 1. The molecule has 1 N–H and O–H groups in total. The second-order valence-corrected chi connectivity index (χ2v) is 7.97. The summed E-state index contributed by atoms with van der Waals surface area (Å²) in [5.41, 5.74) is 4.30. The number of hydrogen-bond acceptors (Lipinski definition) is 3. The topological polar surface area (TPSA) is 58.6 Å². The van der Waals surface area contributed by atoms with E-state index in [9.17, 15) is 9.59 Å². The molecule has 29 heavy (non-hydrogen) atoms. The molecule has 0 bridgehead atoms. The van der Waals surface area contributed by atoms with Crippen molar-refractivity contribution >= 4 is 17.5 Å². The Morgan fingerprint density at radius 3 is 2.72 bits per heavy atom. The lowest BCUT2D eigenvalue weighted by molar-refractivity contribution is -0.126. The molecule has 1 unspecified atom stereocenters. The summed E-state index contributed by atoms with van der Waals surface area (Å²) in [6, 6.07) is 13.9. The minimum absolute atomic E-state index is 0.0224. The molecular weight excluding hydrogens is 364 g/mol. The van der Waals surface area contributed by atoms with Crippen LogP contribution in [0.2, 0.25) is 0 Å². The van der Waals surface area contributed by atoms with Crippen LogP contribution in [0.5, 0.6) is 5.75 Å². The predicted molar refractivity (Wildman–Crippen MR) is 115 cm³/mol. The summed E-state index contributed by atoms with van der Waals surface area (Å²) in [5, 5.41) is 3.00. The molecular formula is C24H30N2O3. The van der Waals surface area contributed by atoms with Crippen molar-refractivity contribution in [1.82, 2.24) is 5.32 Å². The van der Waals surface area contributed by atoms with Gasteiger partial charge in [0.25, 0.3) is 0 Å². The second kappa shape index (κ2) is 9.12. The van der Waals surface area contributed by atoms with E-state index in [-0.39, 0.29) is 24.2 Å². The summed E-state index contributed by atoms with van der Waals surface area (Å²) in [6.45, 7) is 7.26. The number of nitrogens with zero attached hydrogens (tertiary/aromatic N) is 1. The van der Waals surface area contributed by atoms with Gasteiger partial charge in [-0.15, -0.1) is 0 Å². The maximum Gasteiger partial charge on any atom is 0.227 e. The first-order chi connectivity index (χ1) is 13.9. The molecule has 0 saturated carbocycles. The number of hydrogen-bond donors (Lipinski definition) is 1. The Morgan fingerprint density at radius 2 is 2.00 bits per heavy atom. The molecule has 1 atom stereocenters. The highest BCUT2D eigenvalue weighted by Crippen LogP contribution is 2.34. The van der Waals surface area contributed by atoms with Gasteiger partial charge in [0.2, 0.25) is 11.8 Å². The monoisotopic (exact) mass is 394 g/mol. The van der Waals surface area contributed by atoms with Crippen LogP contribution in [0.3, 0.4) is 0 Å². The number of aryl methyl sites for hydroxylation is 1. The number of ether oxygens (including phenoxy) is 1. The summed E-state index contributed by atoms with van der Waals surface area (Å²) in [7, 11) is 1.64. The van der Waals surface area contributed by atoms with Crippen molar-refractivity contribution in [3.8, 4) is 5.75 Å². The van der Waals surface area contributed by atoms with E-state index in [1.54, 1.807) is 12.0 Å². The zero-order valence-corrected chi connectivity index (χ0v) is 17.7. The fourth-order valence-corrected chi connectivity index (χ4v) is 3.92. The fourth-order valence-electron chi connectivity index (χ4n) is 3.92. The Labute approximate surface area is 173 Å². The number of anilines is 1. The van der Waals surface area contributed by atoms with Gasteiger partial charge in [0, 0.05) is 25.2 Å². The van der Waals surface area contributed by atoms with E-state index in [0.717, 1.165) is 34.5 Å². The average Bonchev–Trinajstić information content (AvgIpc) is 3.09. The van der Waals surface area contributed by atoms with Crippen molar-refractivity contribution in [3.05, 3.63) is 59.2 Å². The van der Waals surface area contributed by atoms with E-state index in [1.165, 1.54) is 0 Å². The molecule has 1 heterocycles. The van der Waals surface area contributed by atoms with Gasteiger partial charge < -0.3 is 15.0 Å². The van der Waals surface area contributed by atoms with Gasteiger partial charge in [-0.2, -0.15) is 0 Å². The van der Waals surface area contributed by atoms with E-state index in [1.807, 2.05) is 43.3 Å². The predicted octanol–water partition coefficient (Wildman–Crippen LogP) is 3.84. The first-order valence-corrected chi connectivity index (χ1v) is 10.2. The lowest BCUT2D eigenvalue weighted by Crippen LogP contribution is -2.34. The summed E-state index contributed by atoms with van der Waals surface area (Å²) < 4.78 is 5.23. The molecule has 3 rings (SSSR count). The fraction of sp³-hybridized carbons (Fsp3) is 0.417. The van der Waals surface area contributed by atoms with Gasteiger partial charge in [-0.1, -0.05) is 44.2 Å². The average molecular weight is 395 g/mol. The van der Waals surface area contributed by atoms with Crippen LogP contribution in [-0.2, 0) is 16.0 Å². The van der Waals surface area contributed by atoms with Gasteiger partial charge in [-0.3, -0.25) is 9.59 Å². The molecule has 0 spiro atoms. The van der Waals surface area contributed by atoms with Crippen molar-refractivity contribution in [3.63, 3.8) is 0 Å². The number of methoxy groups -OCH3 is 1. The molecule has 1 fully saturated rings. The Morgan fingerprint density at radius 1 is 1.24 bits per heavy atom. The van der Waals surface area contributed by atoms with Crippen LogP contribution in [0.1, 0.15) is 42.9 Å². The van der Waals surface area contributed by atoms with Gasteiger partial charge >= 0.3 is 0 Å².